The van der Waals surface area contributed by atoms with Gasteiger partial charge < -0.3 is 23.5 Å². The highest BCUT2D eigenvalue weighted by Gasteiger charge is 2.40. The van der Waals surface area contributed by atoms with Crippen LogP contribution in [0.2, 0.25) is 5.02 Å². The minimum atomic E-state index is -0.392. The number of hydrogen-bond acceptors (Lipinski definition) is 8. The van der Waals surface area contributed by atoms with Gasteiger partial charge in [0.25, 0.3) is 11.8 Å². The Morgan fingerprint density at radius 3 is 2.14 bits per heavy atom. The normalized spacial score (nSPS) is 15.2. The summed E-state index contributed by atoms with van der Waals surface area (Å²) < 4.78 is 22.4. The number of imide groups is 1. The lowest BCUT2D eigenvalue weighted by Crippen LogP contribution is -2.46. The summed E-state index contributed by atoms with van der Waals surface area (Å²) in [6.07, 6.45) is 0. The zero-order valence-corrected chi connectivity index (χ0v) is 24.3. The highest BCUT2D eigenvalue weighted by Crippen LogP contribution is 2.43. The summed E-state index contributed by atoms with van der Waals surface area (Å²) >= 11 is 6.34. The van der Waals surface area contributed by atoms with E-state index in [2.05, 4.69) is 9.80 Å². The van der Waals surface area contributed by atoms with Gasteiger partial charge in [-0.05, 0) is 36.4 Å². The summed E-state index contributed by atoms with van der Waals surface area (Å²) in [7, 11) is 4.48. The Bertz CT molecular complexity index is 1630. The van der Waals surface area contributed by atoms with Crippen molar-refractivity contribution in [2.75, 3.05) is 57.3 Å². The molecule has 0 spiro atoms. The average Bonchev–Trinajstić information content (AvgIpc) is 3.58. The maximum Gasteiger partial charge on any atom is 0.268 e. The van der Waals surface area contributed by atoms with E-state index in [9.17, 15) is 9.59 Å². The summed E-state index contributed by atoms with van der Waals surface area (Å²) in [5.41, 5.74) is 2.74. The van der Waals surface area contributed by atoms with Crippen molar-refractivity contribution >= 4 is 34.8 Å². The fraction of sp³-hybridized carbons (Fsp3) is 0.250. The number of rotatable bonds is 8. The predicted octanol–water partition coefficient (Wildman–Crippen LogP) is 5.75. The van der Waals surface area contributed by atoms with Crippen molar-refractivity contribution in [3.8, 4) is 28.6 Å². The summed E-state index contributed by atoms with van der Waals surface area (Å²) in [4.78, 5) is 33.0. The summed E-state index contributed by atoms with van der Waals surface area (Å²) in [5.74, 6) is 1.93. The average molecular weight is 588 g/mol. The van der Waals surface area contributed by atoms with Gasteiger partial charge in [-0.3, -0.25) is 14.5 Å². The molecular weight excluding hydrogens is 558 g/mol. The van der Waals surface area contributed by atoms with Gasteiger partial charge in [0.2, 0.25) is 5.75 Å². The Kier molecular flexibility index (Phi) is 7.53. The van der Waals surface area contributed by atoms with E-state index in [1.165, 1.54) is 26.2 Å². The third-order valence-corrected chi connectivity index (χ3v) is 8.02. The molecule has 2 aliphatic rings. The van der Waals surface area contributed by atoms with Crippen molar-refractivity contribution in [3.63, 3.8) is 0 Å². The molecule has 10 heteroatoms. The zero-order valence-electron chi connectivity index (χ0n) is 23.6. The van der Waals surface area contributed by atoms with Gasteiger partial charge in [-0.25, -0.2) is 4.90 Å². The number of furan rings is 1. The van der Waals surface area contributed by atoms with Gasteiger partial charge in [-0.1, -0.05) is 29.8 Å². The van der Waals surface area contributed by atoms with Crippen LogP contribution in [-0.4, -0.2) is 64.2 Å². The second-order valence-electron chi connectivity index (χ2n) is 10.0. The number of amides is 2. The first-order valence-electron chi connectivity index (χ1n) is 13.6. The molecule has 1 aromatic heterocycles. The Balaban J connectivity index is 1.19. The van der Waals surface area contributed by atoms with E-state index in [1.807, 2.05) is 48.5 Å². The van der Waals surface area contributed by atoms with Crippen LogP contribution in [0.15, 0.2) is 71.1 Å². The number of methoxy groups -OCH3 is 3. The molecule has 42 heavy (non-hydrogen) atoms. The summed E-state index contributed by atoms with van der Waals surface area (Å²) in [6.45, 7) is 3.59. The molecule has 0 unspecified atom stereocenters. The van der Waals surface area contributed by atoms with Crippen LogP contribution in [0.1, 0.15) is 26.5 Å². The van der Waals surface area contributed by atoms with Gasteiger partial charge in [0, 0.05) is 43.9 Å². The van der Waals surface area contributed by atoms with E-state index in [1.54, 1.807) is 18.2 Å². The van der Waals surface area contributed by atoms with Crippen LogP contribution in [0.3, 0.4) is 0 Å². The lowest BCUT2D eigenvalue weighted by Gasteiger charge is -2.36. The SMILES string of the molecule is COc1cc(N2C(=O)c3cccc(N4CCN(Cc5ccc(-c6ccccc6Cl)o5)CC4)c3C2=O)cc(OC)c1OC. The van der Waals surface area contributed by atoms with E-state index in [4.69, 9.17) is 30.2 Å². The van der Waals surface area contributed by atoms with Crippen LogP contribution in [0, 0.1) is 0 Å². The molecular formula is C32H30ClN3O6. The number of carbonyl (C=O) groups excluding carboxylic acids is 2. The number of piperazine rings is 1. The van der Waals surface area contributed by atoms with Crippen molar-refractivity contribution in [2.24, 2.45) is 0 Å². The first-order chi connectivity index (χ1) is 20.4. The number of halogens is 1. The summed E-state index contributed by atoms with van der Waals surface area (Å²) in [6, 6.07) is 20.2. The Morgan fingerprint density at radius 2 is 1.48 bits per heavy atom. The molecule has 0 N–H and O–H groups in total. The quantitative estimate of drug-likeness (QED) is 0.241. The van der Waals surface area contributed by atoms with Gasteiger partial charge in [0.1, 0.15) is 11.5 Å². The van der Waals surface area contributed by atoms with Gasteiger partial charge >= 0.3 is 0 Å². The van der Waals surface area contributed by atoms with E-state index in [0.717, 1.165) is 35.9 Å². The van der Waals surface area contributed by atoms with Gasteiger partial charge in [0.05, 0.1) is 55.4 Å². The van der Waals surface area contributed by atoms with Crippen LogP contribution in [-0.2, 0) is 6.54 Å². The van der Waals surface area contributed by atoms with E-state index >= 15 is 0 Å². The first-order valence-corrected chi connectivity index (χ1v) is 13.9. The minimum absolute atomic E-state index is 0.348. The Hall–Kier alpha value is -4.47. The Labute approximate surface area is 248 Å². The van der Waals surface area contributed by atoms with Crippen LogP contribution < -0.4 is 24.0 Å². The second kappa shape index (κ2) is 11.4. The third kappa shape index (κ3) is 4.84. The molecule has 3 heterocycles. The standard InChI is InChI=1S/C32H30ClN3O6/c1-39-27-17-20(18-28(40-2)30(27)41-3)36-31(37)23-8-6-10-25(29(23)32(36)38)35-15-13-34(14-16-35)19-21-11-12-26(42-21)22-7-4-5-9-24(22)33/h4-12,17-18H,13-16,19H2,1-3H3. The number of anilines is 2. The van der Waals surface area contributed by atoms with Gasteiger partial charge in [-0.15, -0.1) is 0 Å². The molecule has 0 bridgehead atoms. The van der Waals surface area contributed by atoms with E-state index in [0.29, 0.717) is 58.7 Å². The predicted molar refractivity (Wildman–Crippen MR) is 160 cm³/mol. The fourth-order valence-electron chi connectivity index (χ4n) is 5.60. The molecule has 2 amide bonds. The maximum absolute atomic E-state index is 13.8. The number of nitrogens with zero attached hydrogens (tertiary/aromatic N) is 3. The number of fused-ring (bicyclic) bond motifs is 1. The van der Waals surface area contributed by atoms with Gasteiger partial charge in [0.15, 0.2) is 11.5 Å². The summed E-state index contributed by atoms with van der Waals surface area (Å²) in [5, 5.41) is 0.652. The van der Waals surface area contributed by atoms with Crippen LogP contribution >= 0.6 is 11.6 Å². The zero-order chi connectivity index (χ0) is 29.4. The molecule has 0 atom stereocenters. The molecule has 0 aliphatic carbocycles. The Morgan fingerprint density at radius 1 is 0.786 bits per heavy atom. The second-order valence-corrected chi connectivity index (χ2v) is 10.4. The molecule has 216 valence electrons. The number of benzene rings is 3. The topological polar surface area (TPSA) is 84.7 Å². The third-order valence-electron chi connectivity index (χ3n) is 7.69. The van der Waals surface area contributed by atoms with E-state index < -0.39 is 5.91 Å². The molecule has 6 rings (SSSR count). The van der Waals surface area contributed by atoms with Crippen LogP contribution in [0.5, 0.6) is 17.2 Å². The molecule has 0 saturated carbocycles. The van der Waals surface area contributed by atoms with Crippen molar-refractivity contribution in [1.82, 2.24) is 4.90 Å². The molecule has 0 radical (unpaired) electrons. The smallest absolute Gasteiger partial charge is 0.268 e. The maximum atomic E-state index is 13.8. The molecule has 1 fully saturated rings. The first kappa shape index (κ1) is 27.7. The van der Waals surface area contributed by atoms with Crippen molar-refractivity contribution in [3.05, 3.63) is 88.6 Å². The lowest BCUT2D eigenvalue weighted by molar-refractivity contribution is 0.0926. The fourth-order valence-corrected chi connectivity index (χ4v) is 5.83. The lowest BCUT2D eigenvalue weighted by atomic mass is 10.1. The number of ether oxygens (including phenoxy) is 3. The minimum Gasteiger partial charge on any atom is -0.493 e. The van der Waals surface area contributed by atoms with Gasteiger partial charge in [-0.2, -0.15) is 0 Å². The molecule has 9 nitrogen and oxygen atoms in total. The number of carbonyl (C=O) groups is 2. The van der Waals surface area contributed by atoms with Crippen LogP contribution in [0.4, 0.5) is 11.4 Å². The van der Waals surface area contributed by atoms with E-state index in [-0.39, 0.29) is 5.91 Å². The van der Waals surface area contributed by atoms with Crippen molar-refractivity contribution in [2.45, 2.75) is 6.54 Å². The van der Waals surface area contributed by atoms with Crippen molar-refractivity contribution in [1.29, 1.82) is 0 Å². The van der Waals surface area contributed by atoms with Crippen molar-refractivity contribution < 1.29 is 28.2 Å². The molecule has 4 aromatic rings. The molecule has 1 saturated heterocycles. The largest absolute Gasteiger partial charge is 0.493 e. The highest BCUT2D eigenvalue weighted by molar-refractivity contribution is 6.36. The number of hydrogen-bond donors (Lipinski definition) is 0. The monoisotopic (exact) mass is 587 g/mol. The molecule has 2 aliphatic heterocycles. The highest BCUT2D eigenvalue weighted by atomic mass is 35.5. The molecule has 3 aromatic carbocycles. The van der Waals surface area contributed by atoms with Crippen LogP contribution in [0.25, 0.3) is 11.3 Å².